The minimum Gasteiger partial charge on any atom is -0.481 e. The first-order valence-corrected chi connectivity index (χ1v) is 15.0. The summed E-state index contributed by atoms with van der Waals surface area (Å²) in [6.45, 7) is 7.58. The number of hydrogen-bond acceptors (Lipinski definition) is 9. The molecule has 2 aliphatic rings. The molecule has 5 unspecified atom stereocenters. The minimum atomic E-state index is -1.63. The third kappa shape index (κ3) is 10.6. The molecule has 0 aromatic carbocycles. The Hall–Kier alpha value is -2.31. The van der Waals surface area contributed by atoms with Crippen LogP contribution in [-0.2, 0) is 39.5 Å². The maximum Gasteiger partial charge on any atom is 0.309 e. The van der Waals surface area contributed by atoms with E-state index in [0.717, 1.165) is 0 Å². The highest BCUT2D eigenvalue weighted by Gasteiger charge is 2.47. The van der Waals surface area contributed by atoms with E-state index in [1.54, 1.807) is 11.5 Å². The lowest BCUT2D eigenvalue weighted by Gasteiger charge is -2.42. The predicted molar refractivity (Wildman–Crippen MR) is 145 cm³/mol. The van der Waals surface area contributed by atoms with Crippen molar-refractivity contribution in [1.82, 2.24) is 0 Å². The van der Waals surface area contributed by atoms with E-state index in [1.165, 1.54) is 0 Å². The summed E-state index contributed by atoms with van der Waals surface area (Å²) in [5.41, 5.74) is -4.28. The minimum absolute atomic E-state index is 0.0446. The zero-order valence-corrected chi connectivity index (χ0v) is 24.7. The van der Waals surface area contributed by atoms with E-state index in [9.17, 15) is 33.6 Å². The molecule has 0 saturated carbocycles. The fourth-order valence-electron chi connectivity index (χ4n) is 5.41. The summed E-state index contributed by atoms with van der Waals surface area (Å²) in [5.74, 6) is -3.15. The Balaban J connectivity index is 1.77. The van der Waals surface area contributed by atoms with Gasteiger partial charge in [-0.1, -0.05) is 40.2 Å². The molecule has 228 valence electrons. The molecule has 40 heavy (non-hydrogen) atoms. The van der Waals surface area contributed by atoms with E-state index < -0.39 is 81.8 Å². The molecule has 0 aromatic rings. The van der Waals surface area contributed by atoms with Gasteiger partial charge in [0.25, 0.3) is 0 Å². The zero-order chi connectivity index (χ0) is 30.4. The normalized spacial score (nSPS) is 28.6. The summed E-state index contributed by atoms with van der Waals surface area (Å²) in [6, 6.07) is 0. The maximum absolute atomic E-state index is 12.5. The van der Waals surface area contributed by atoms with Gasteiger partial charge in [0, 0.05) is 40.2 Å². The SMILES string of the molecule is CC(C)(CC/C=C/S(=O)CCCCC(C)(C)C1CC(O)(CC(=O)O)CC(=O)O1)C1CC(O)(CC(=O)O)CC(=O)O1. The average molecular weight is 589 g/mol. The van der Waals surface area contributed by atoms with Crippen molar-refractivity contribution < 1.29 is 53.3 Å². The molecule has 11 nitrogen and oxygen atoms in total. The lowest BCUT2D eigenvalue weighted by atomic mass is 9.74. The second-order valence-electron chi connectivity index (χ2n) is 12.7. The van der Waals surface area contributed by atoms with Gasteiger partial charge in [0.1, 0.15) is 12.2 Å². The Kier molecular flexibility index (Phi) is 11.5. The van der Waals surface area contributed by atoms with E-state index in [2.05, 4.69) is 0 Å². The first-order chi connectivity index (χ1) is 18.3. The number of aliphatic hydroxyl groups is 2. The number of carbonyl (C=O) groups excluding carboxylic acids is 2. The average Bonchev–Trinajstić information content (AvgIpc) is 2.76. The van der Waals surface area contributed by atoms with Gasteiger partial charge >= 0.3 is 23.9 Å². The fraction of sp³-hybridized carbons (Fsp3) is 0.786. The van der Waals surface area contributed by atoms with Crippen LogP contribution in [0.3, 0.4) is 0 Å². The van der Waals surface area contributed by atoms with E-state index >= 15 is 0 Å². The molecule has 0 spiro atoms. The largest absolute Gasteiger partial charge is 0.481 e. The molecule has 12 heteroatoms. The Morgan fingerprint density at radius 2 is 1.32 bits per heavy atom. The highest BCUT2D eigenvalue weighted by Crippen LogP contribution is 2.41. The van der Waals surface area contributed by atoms with Gasteiger partial charge in [-0.2, -0.15) is 0 Å². The van der Waals surface area contributed by atoms with Crippen molar-refractivity contribution in [3.63, 3.8) is 0 Å². The number of esters is 2. The van der Waals surface area contributed by atoms with Crippen molar-refractivity contribution >= 4 is 34.7 Å². The molecule has 4 N–H and O–H groups in total. The van der Waals surface area contributed by atoms with Gasteiger partial charge in [-0.05, 0) is 31.1 Å². The van der Waals surface area contributed by atoms with Crippen molar-refractivity contribution in [1.29, 1.82) is 0 Å². The molecular formula is C28H44O11S. The van der Waals surface area contributed by atoms with Crippen LogP contribution in [0.5, 0.6) is 0 Å². The van der Waals surface area contributed by atoms with Crippen molar-refractivity contribution in [2.45, 2.75) is 122 Å². The molecule has 2 rings (SSSR count). The molecule has 5 atom stereocenters. The first kappa shape index (κ1) is 33.9. The third-order valence-corrected chi connectivity index (χ3v) is 9.14. The summed E-state index contributed by atoms with van der Waals surface area (Å²) in [4.78, 5) is 46.2. The van der Waals surface area contributed by atoms with E-state index in [0.29, 0.717) is 37.9 Å². The molecule has 2 aliphatic heterocycles. The second-order valence-corrected chi connectivity index (χ2v) is 14.2. The Labute approximate surface area is 237 Å². The molecule has 0 bridgehead atoms. The van der Waals surface area contributed by atoms with Crippen LogP contribution in [0.15, 0.2) is 11.5 Å². The van der Waals surface area contributed by atoms with Crippen LogP contribution in [0.2, 0.25) is 0 Å². The number of carbonyl (C=O) groups is 4. The molecule has 0 amide bonds. The predicted octanol–water partition coefficient (Wildman–Crippen LogP) is 3.07. The van der Waals surface area contributed by atoms with Gasteiger partial charge in [0.15, 0.2) is 0 Å². The molecule has 2 saturated heterocycles. The molecule has 0 aromatic heterocycles. The number of ether oxygens (including phenoxy) is 2. The zero-order valence-electron chi connectivity index (χ0n) is 23.8. The highest BCUT2D eigenvalue weighted by atomic mass is 32.2. The van der Waals surface area contributed by atoms with Crippen molar-refractivity contribution in [2.24, 2.45) is 10.8 Å². The summed E-state index contributed by atoms with van der Waals surface area (Å²) in [6.07, 6.45) is 2.06. The van der Waals surface area contributed by atoms with Crippen LogP contribution in [0.1, 0.15) is 98.3 Å². The van der Waals surface area contributed by atoms with Gasteiger partial charge in [-0.3, -0.25) is 23.4 Å². The van der Waals surface area contributed by atoms with Gasteiger partial charge in [0.2, 0.25) is 0 Å². The number of aliphatic carboxylic acids is 2. The summed E-state index contributed by atoms with van der Waals surface area (Å²) < 4.78 is 23.3. The number of hydrogen-bond donors (Lipinski definition) is 4. The van der Waals surface area contributed by atoms with Crippen LogP contribution in [0.4, 0.5) is 0 Å². The monoisotopic (exact) mass is 588 g/mol. The summed E-state index contributed by atoms with van der Waals surface area (Å²) in [7, 11) is -1.20. The Morgan fingerprint density at radius 3 is 1.77 bits per heavy atom. The summed E-state index contributed by atoms with van der Waals surface area (Å²) >= 11 is 0. The van der Waals surface area contributed by atoms with Gasteiger partial charge in [0.05, 0.1) is 36.9 Å². The number of cyclic esters (lactones) is 2. The van der Waals surface area contributed by atoms with Crippen LogP contribution < -0.4 is 0 Å². The van der Waals surface area contributed by atoms with E-state index in [4.69, 9.17) is 19.7 Å². The van der Waals surface area contributed by atoms with Crippen LogP contribution in [-0.4, -0.2) is 77.7 Å². The second kappa shape index (κ2) is 13.6. The number of unbranched alkanes of at least 4 members (excludes halogenated alkanes) is 1. The molecular weight excluding hydrogens is 544 g/mol. The number of allylic oxidation sites excluding steroid dienone is 1. The van der Waals surface area contributed by atoms with Crippen molar-refractivity contribution in [3.05, 3.63) is 11.5 Å². The van der Waals surface area contributed by atoms with Gasteiger partial charge in [-0.25, -0.2) is 0 Å². The lowest BCUT2D eigenvalue weighted by molar-refractivity contribution is -0.185. The Bertz CT molecular complexity index is 996. The molecule has 2 heterocycles. The van der Waals surface area contributed by atoms with E-state index in [-0.39, 0.29) is 25.7 Å². The quantitative estimate of drug-likeness (QED) is 0.163. The first-order valence-electron chi connectivity index (χ1n) is 13.7. The number of rotatable bonds is 15. The van der Waals surface area contributed by atoms with Crippen molar-refractivity contribution in [2.75, 3.05) is 5.75 Å². The molecule has 2 fully saturated rings. The number of carboxylic acid groups (broad SMARTS) is 2. The topological polar surface area (TPSA) is 185 Å². The maximum atomic E-state index is 12.5. The summed E-state index contributed by atoms with van der Waals surface area (Å²) in [5, 5.41) is 41.0. The smallest absolute Gasteiger partial charge is 0.309 e. The lowest BCUT2D eigenvalue weighted by Crippen LogP contribution is -2.49. The fourth-order valence-corrected chi connectivity index (χ4v) is 6.38. The molecule has 0 aliphatic carbocycles. The molecule has 0 radical (unpaired) electrons. The van der Waals surface area contributed by atoms with Crippen LogP contribution in [0, 0.1) is 10.8 Å². The van der Waals surface area contributed by atoms with Crippen LogP contribution in [0.25, 0.3) is 0 Å². The van der Waals surface area contributed by atoms with Gasteiger partial charge in [-0.15, -0.1) is 0 Å². The standard InChI is InChI=1S/C28H44O11S/c1-25(2,19-13-27(35,15-21(29)30)17-23(33)38-19)9-5-7-11-40(37)12-8-6-10-26(3,4)20-14-28(36,16-22(31)32)18-24(34)39-20/h7,11,19-20,35-36H,5-6,8-10,12-18H2,1-4H3,(H,29,30)(H,31,32)/b11-7+. The third-order valence-electron chi connectivity index (χ3n) is 7.95. The van der Waals surface area contributed by atoms with Crippen molar-refractivity contribution in [3.8, 4) is 0 Å². The number of carboxylic acids is 2. The Morgan fingerprint density at radius 1 is 0.875 bits per heavy atom. The van der Waals surface area contributed by atoms with E-state index in [1.807, 2.05) is 27.7 Å². The van der Waals surface area contributed by atoms with Crippen LogP contribution >= 0.6 is 0 Å². The van der Waals surface area contributed by atoms with Gasteiger partial charge < -0.3 is 29.9 Å². The highest BCUT2D eigenvalue weighted by molar-refractivity contribution is 7.87.